The van der Waals surface area contributed by atoms with Gasteiger partial charge in [-0.25, -0.2) is 9.78 Å². The fourth-order valence-corrected chi connectivity index (χ4v) is 2.17. The van der Waals surface area contributed by atoms with Gasteiger partial charge in [-0.15, -0.1) is 0 Å². The van der Waals surface area contributed by atoms with E-state index in [2.05, 4.69) is 37.1 Å². The van der Waals surface area contributed by atoms with E-state index in [1.165, 1.54) is 5.56 Å². The van der Waals surface area contributed by atoms with Gasteiger partial charge in [-0.1, -0.05) is 44.5 Å². The molecule has 1 N–H and O–H groups in total. The number of nitrogens with one attached hydrogen (secondary N) is 1. The summed E-state index contributed by atoms with van der Waals surface area (Å²) >= 11 is 6.14. The van der Waals surface area contributed by atoms with Gasteiger partial charge in [0.25, 0.3) is 0 Å². The number of hydrogen-bond donors (Lipinski definition) is 1. The van der Waals surface area contributed by atoms with Gasteiger partial charge in [0, 0.05) is 5.39 Å². The van der Waals surface area contributed by atoms with E-state index in [-0.39, 0.29) is 5.41 Å². The summed E-state index contributed by atoms with van der Waals surface area (Å²) in [6.07, 6.45) is -0.557. The van der Waals surface area contributed by atoms with Crippen molar-refractivity contribution >= 4 is 34.4 Å². The van der Waals surface area contributed by atoms with Gasteiger partial charge in [0.2, 0.25) is 0 Å². The second kappa shape index (κ2) is 5.90. The van der Waals surface area contributed by atoms with Crippen LogP contribution >= 0.6 is 11.6 Å². The van der Waals surface area contributed by atoms with Crippen LogP contribution in [-0.2, 0) is 10.2 Å². The number of carbonyl (C=O) groups excluding carboxylic acids is 1. The lowest BCUT2D eigenvalue weighted by molar-refractivity contribution is 0.168. The third-order valence-corrected chi connectivity index (χ3v) is 3.42. The Balaban J connectivity index is 2.44. The number of hydrogen-bond acceptors (Lipinski definition) is 3. The zero-order valence-electron chi connectivity index (χ0n) is 12.7. The fraction of sp³-hybridized carbons (Fsp3) is 0.375. The molecular weight excluding hydrogens is 288 g/mol. The number of ether oxygens (including phenoxy) is 1. The van der Waals surface area contributed by atoms with Crippen LogP contribution in [0.2, 0.25) is 5.02 Å². The Hall–Kier alpha value is -1.81. The highest BCUT2D eigenvalue weighted by atomic mass is 35.5. The molecule has 1 heterocycles. The van der Waals surface area contributed by atoms with E-state index in [1.54, 1.807) is 13.0 Å². The second-order valence-corrected chi connectivity index (χ2v) is 6.23. The van der Waals surface area contributed by atoms with Crippen LogP contribution in [0.25, 0.3) is 10.9 Å². The molecule has 5 heteroatoms. The molecule has 0 bridgehead atoms. The van der Waals surface area contributed by atoms with Gasteiger partial charge in [0.05, 0.1) is 17.1 Å². The third-order valence-electron chi connectivity index (χ3n) is 3.13. The molecule has 21 heavy (non-hydrogen) atoms. The maximum absolute atomic E-state index is 11.5. The molecule has 0 saturated carbocycles. The minimum Gasteiger partial charge on any atom is -0.450 e. The van der Waals surface area contributed by atoms with Crippen molar-refractivity contribution in [2.45, 2.75) is 33.1 Å². The number of amides is 1. The second-order valence-electron chi connectivity index (χ2n) is 5.82. The maximum Gasteiger partial charge on any atom is 0.412 e. The standard InChI is InChI=1S/C16H19ClN2O2/c1-5-21-15(20)19-14-12(17)8-10-6-7-11(16(2,3)4)9-13(10)18-14/h6-9H,5H2,1-4H3,(H,18,19,20). The number of pyridine rings is 1. The highest BCUT2D eigenvalue weighted by molar-refractivity contribution is 6.34. The average molecular weight is 307 g/mol. The van der Waals surface area contributed by atoms with Crippen LogP contribution in [0.15, 0.2) is 24.3 Å². The molecule has 0 unspecified atom stereocenters. The molecule has 1 aromatic carbocycles. The van der Waals surface area contributed by atoms with Crippen molar-refractivity contribution in [3.8, 4) is 0 Å². The van der Waals surface area contributed by atoms with Crippen LogP contribution in [0.5, 0.6) is 0 Å². The molecule has 0 atom stereocenters. The van der Waals surface area contributed by atoms with Crippen molar-refractivity contribution in [3.05, 3.63) is 34.9 Å². The summed E-state index contributed by atoms with van der Waals surface area (Å²) in [6, 6.07) is 7.86. The summed E-state index contributed by atoms with van der Waals surface area (Å²) in [5.74, 6) is 0.314. The molecule has 0 spiro atoms. The molecule has 0 fully saturated rings. The highest BCUT2D eigenvalue weighted by Crippen LogP contribution is 2.29. The first-order valence-corrected chi connectivity index (χ1v) is 7.23. The van der Waals surface area contributed by atoms with Crippen LogP contribution in [-0.4, -0.2) is 17.7 Å². The summed E-state index contributed by atoms with van der Waals surface area (Å²) in [4.78, 5) is 15.9. The van der Waals surface area contributed by atoms with Gasteiger partial charge in [0.1, 0.15) is 0 Å². The number of anilines is 1. The zero-order valence-corrected chi connectivity index (χ0v) is 13.4. The molecule has 0 radical (unpaired) electrons. The summed E-state index contributed by atoms with van der Waals surface area (Å²) in [5.41, 5.74) is 2.00. The van der Waals surface area contributed by atoms with E-state index in [0.717, 1.165) is 10.9 Å². The Morgan fingerprint density at radius 2 is 2.05 bits per heavy atom. The Morgan fingerprint density at radius 1 is 1.33 bits per heavy atom. The van der Waals surface area contributed by atoms with E-state index in [1.807, 2.05) is 12.1 Å². The zero-order chi connectivity index (χ0) is 15.6. The average Bonchev–Trinajstić information content (AvgIpc) is 2.38. The predicted octanol–water partition coefficient (Wildman–Crippen LogP) is 4.75. The SMILES string of the molecule is CCOC(=O)Nc1nc2cc(C(C)(C)C)ccc2cc1Cl. The lowest BCUT2D eigenvalue weighted by atomic mass is 9.86. The number of benzene rings is 1. The van der Waals surface area contributed by atoms with Crippen molar-refractivity contribution in [2.75, 3.05) is 11.9 Å². The first-order valence-electron chi connectivity index (χ1n) is 6.86. The van der Waals surface area contributed by atoms with Gasteiger partial charge in [-0.3, -0.25) is 5.32 Å². The summed E-state index contributed by atoms with van der Waals surface area (Å²) in [7, 11) is 0. The molecule has 112 valence electrons. The number of fused-ring (bicyclic) bond motifs is 1. The normalized spacial score (nSPS) is 11.5. The van der Waals surface area contributed by atoms with Gasteiger partial charge in [-0.05, 0) is 30.0 Å². The molecule has 0 saturated heterocycles. The van der Waals surface area contributed by atoms with E-state index in [0.29, 0.717) is 17.4 Å². The number of carbonyl (C=O) groups is 1. The minimum absolute atomic E-state index is 0.0320. The Kier molecular flexibility index (Phi) is 4.37. The van der Waals surface area contributed by atoms with Crippen LogP contribution < -0.4 is 5.32 Å². The fourth-order valence-electron chi connectivity index (χ4n) is 1.96. The molecule has 1 aromatic heterocycles. The van der Waals surface area contributed by atoms with Gasteiger partial charge >= 0.3 is 6.09 Å². The van der Waals surface area contributed by atoms with E-state index in [9.17, 15) is 4.79 Å². The van der Waals surface area contributed by atoms with E-state index < -0.39 is 6.09 Å². The first-order chi connectivity index (χ1) is 9.81. The quantitative estimate of drug-likeness (QED) is 0.870. The van der Waals surface area contributed by atoms with Crippen molar-refractivity contribution < 1.29 is 9.53 Å². The summed E-state index contributed by atoms with van der Waals surface area (Å²) in [6.45, 7) is 8.46. The predicted molar refractivity (Wildman–Crippen MR) is 86.1 cm³/mol. The van der Waals surface area contributed by atoms with Gasteiger partial charge in [0.15, 0.2) is 5.82 Å². The maximum atomic E-state index is 11.5. The Morgan fingerprint density at radius 3 is 2.67 bits per heavy atom. The number of rotatable bonds is 2. The van der Waals surface area contributed by atoms with Crippen LogP contribution in [0.3, 0.4) is 0 Å². The molecule has 0 aliphatic rings. The summed E-state index contributed by atoms with van der Waals surface area (Å²) in [5, 5.41) is 3.88. The van der Waals surface area contributed by atoms with Gasteiger partial charge in [-0.2, -0.15) is 0 Å². The topological polar surface area (TPSA) is 51.2 Å². The lowest BCUT2D eigenvalue weighted by Gasteiger charge is -2.19. The van der Waals surface area contributed by atoms with Crippen molar-refractivity contribution in [2.24, 2.45) is 0 Å². The van der Waals surface area contributed by atoms with Crippen molar-refractivity contribution in [1.29, 1.82) is 0 Å². The third kappa shape index (κ3) is 3.64. The summed E-state index contributed by atoms with van der Waals surface area (Å²) < 4.78 is 4.84. The Labute approximate surface area is 129 Å². The molecule has 0 aliphatic heterocycles. The van der Waals surface area contributed by atoms with Crippen LogP contribution in [0.1, 0.15) is 33.3 Å². The molecule has 4 nitrogen and oxygen atoms in total. The Bertz CT molecular complexity index is 678. The van der Waals surface area contributed by atoms with Crippen molar-refractivity contribution in [1.82, 2.24) is 4.98 Å². The van der Waals surface area contributed by atoms with E-state index >= 15 is 0 Å². The monoisotopic (exact) mass is 306 g/mol. The number of nitrogens with zero attached hydrogens (tertiary/aromatic N) is 1. The minimum atomic E-state index is -0.557. The lowest BCUT2D eigenvalue weighted by Crippen LogP contribution is -2.15. The molecule has 1 amide bonds. The van der Waals surface area contributed by atoms with Gasteiger partial charge < -0.3 is 4.74 Å². The molecule has 2 aromatic rings. The highest BCUT2D eigenvalue weighted by Gasteiger charge is 2.15. The van der Waals surface area contributed by atoms with E-state index in [4.69, 9.17) is 16.3 Å². The number of aromatic nitrogens is 1. The molecular formula is C16H19ClN2O2. The van der Waals surface area contributed by atoms with Crippen LogP contribution in [0, 0.1) is 0 Å². The molecule has 0 aliphatic carbocycles. The molecule has 2 rings (SSSR count). The number of halogens is 1. The largest absolute Gasteiger partial charge is 0.450 e. The smallest absolute Gasteiger partial charge is 0.412 e. The van der Waals surface area contributed by atoms with Crippen LogP contribution in [0.4, 0.5) is 10.6 Å². The first kappa shape index (κ1) is 15.6. The van der Waals surface area contributed by atoms with Crippen molar-refractivity contribution in [3.63, 3.8) is 0 Å².